The number of nitrogens with zero attached hydrogens (tertiary/aromatic N) is 3. The van der Waals surface area contributed by atoms with Crippen LogP contribution in [0, 0.1) is 6.92 Å². The van der Waals surface area contributed by atoms with Gasteiger partial charge in [-0.05, 0) is 71.6 Å². The normalized spacial score (nSPS) is 13.2. The Balaban J connectivity index is 0.00000442. The number of hydrogen-bond acceptors (Lipinski definition) is 5. The summed E-state index contributed by atoms with van der Waals surface area (Å²) in [4.78, 5) is 21.8. The van der Waals surface area contributed by atoms with Gasteiger partial charge in [-0.1, -0.05) is 65.6 Å². The second-order valence-electron chi connectivity index (χ2n) is 10.4. The summed E-state index contributed by atoms with van der Waals surface area (Å²) in [6, 6.07) is 22.7. The van der Waals surface area contributed by atoms with E-state index < -0.39 is 0 Å². The van der Waals surface area contributed by atoms with Crippen molar-refractivity contribution in [3.05, 3.63) is 123 Å². The van der Waals surface area contributed by atoms with Gasteiger partial charge in [0.1, 0.15) is 5.75 Å². The lowest BCUT2D eigenvalue weighted by Gasteiger charge is -2.35. The van der Waals surface area contributed by atoms with E-state index in [1.165, 1.54) is 5.56 Å². The SMILES string of the molecule is C=C(C(=O)N1CCN(Cc2ccc(Cl)cc2)CC1)c1cc(C)c(Oc2ccc(OCCc3ccc(Cl)cc3)cn2)c(Cl)c1.Cl. The third kappa shape index (κ3) is 8.90. The van der Waals surface area contributed by atoms with E-state index in [1.807, 2.05) is 66.4 Å². The Labute approximate surface area is 279 Å². The highest BCUT2D eigenvalue weighted by molar-refractivity contribution is 6.33. The van der Waals surface area contributed by atoms with Crippen LogP contribution in [0.15, 0.2) is 85.6 Å². The van der Waals surface area contributed by atoms with Gasteiger partial charge in [0.25, 0.3) is 5.91 Å². The highest BCUT2D eigenvalue weighted by atomic mass is 35.5. The topological polar surface area (TPSA) is 54.9 Å². The average Bonchev–Trinajstić information content (AvgIpc) is 3.01. The average molecular weight is 673 g/mol. The molecule has 10 heteroatoms. The van der Waals surface area contributed by atoms with Crippen molar-refractivity contribution in [1.29, 1.82) is 0 Å². The van der Waals surface area contributed by atoms with Crippen LogP contribution in [-0.2, 0) is 17.8 Å². The number of rotatable bonds is 10. The predicted octanol–water partition coefficient (Wildman–Crippen LogP) is 8.54. The number of carbonyl (C=O) groups excluding carboxylic acids is 1. The third-order valence-corrected chi connectivity index (χ3v) is 8.09. The zero-order chi connectivity index (χ0) is 30.3. The van der Waals surface area contributed by atoms with E-state index in [1.54, 1.807) is 24.4 Å². The lowest BCUT2D eigenvalue weighted by Crippen LogP contribution is -2.48. The first-order valence-corrected chi connectivity index (χ1v) is 15.2. The van der Waals surface area contributed by atoms with Gasteiger partial charge in [-0.2, -0.15) is 0 Å². The second-order valence-corrected chi connectivity index (χ2v) is 11.7. The van der Waals surface area contributed by atoms with Crippen LogP contribution in [-0.4, -0.2) is 53.5 Å². The van der Waals surface area contributed by atoms with Gasteiger partial charge in [-0.15, -0.1) is 12.4 Å². The summed E-state index contributed by atoms with van der Waals surface area (Å²) in [5.74, 6) is 1.41. The first-order valence-electron chi connectivity index (χ1n) is 14.0. The summed E-state index contributed by atoms with van der Waals surface area (Å²) in [6.07, 6.45) is 2.37. The minimum Gasteiger partial charge on any atom is -0.492 e. The van der Waals surface area contributed by atoms with Crippen LogP contribution in [0.3, 0.4) is 0 Å². The molecule has 5 rings (SSSR count). The molecule has 44 heavy (non-hydrogen) atoms. The molecule has 1 saturated heterocycles. The summed E-state index contributed by atoms with van der Waals surface area (Å²) < 4.78 is 11.8. The maximum absolute atomic E-state index is 13.3. The molecule has 2 heterocycles. The zero-order valence-corrected chi connectivity index (χ0v) is 27.4. The summed E-state index contributed by atoms with van der Waals surface area (Å²) in [7, 11) is 0. The van der Waals surface area contributed by atoms with E-state index in [0.717, 1.165) is 42.2 Å². The minimum absolute atomic E-state index is 0. The van der Waals surface area contributed by atoms with Crippen LogP contribution in [0.1, 0.15) is 22.3 Å². The maximum atomic E-state index is 13.3. The number of piperazine rings is 1. The fraction of sp³-hybridized carbons (Fsp3) is 0.235. The molecule has 0 saturated carbocycles. The number of benzene rings is 3. The van der Waals surface area contributed by atoms with Crippen molar-refractivity contribution in [3.63, 3.8) is 0 Å². The minimum atomic E-state index is -0.0939. The molecule has 0 unspecified atom stereocenters. The molecular weight excluding hydrogens is 640 g/mol. The van der Waals surface area contributed by atoms with Crippen LogP contribution in [0.2, 0.25) is 15.1 Å². The van der Waals surface area contributed by atoms with Crippen molar-refractivity contribution in [2.75, 3.05) is 32.8 Å². The molecule has 0 N–H and O–H groups in total. The molecule has 1 fully saturated rings. The number of aryl methyl sites for hydroxylation is 1. The van der Waals surface area contributed by atoms with Gasteiger partial charge in [0, 0.05) is 60.8 Å². The Bertz CT molecular complexity index is 1550. The van der Waals surface area contributed by atoms with E-state index in [-0.39, 0.29) is 18.3 Å². The Morgan fingerprint density at radius 3 is 2.11 bits per heavy atom. The van der Waals surface area contributed by atoms with E-state index in [4.69, 9.17) is 44.3 Å². The van der Waals surface area contributed by atoms with Crippen LogP contribution < -0.4 is 9.47 Å². The summed E-state index contributed by atoms with van der Waals surface area (Å²) in [5, 5.41) is 1.82. The molecule has 4 aromatic rings. The molecule has 1 aliphatic rings. The number of hydrogen-bond donors (Lipinski definition) is 0. The van der Waals surface area contributed by atoms with Gasteiger partial charge in [-0.25, -0.2) is 4.98 Å². The molecule has 230 valence electrons. The molecule has 3 aromatic carbocycles. The largest absolute Gasteiger partial charge is 0.492 e. The summed E-state index contributed by atoms with van der Waals surface area (Å²) in [6.45, 7) is 10.1. The quantitative estimate of drug-likeness (QED) is 0.158. The molecule has 1 aliphatic heterocycles. The molecule has 1 aromatic heterocycles. The molecule has 0 bridgehead atoms. The molecular formula is C34H33Cl4N3O3. The number of halogens is 4. The van der Waals surface area contributed by atoms with Crippen LogP contribution in [0.5, 0.6) is 17.4 Å². The van der Waals surface area contributed by atoms with Crippen LogP contribution in [0.4, 0.5) is 0 Å². The second kappa shape index (κ2) is 15.6. The summed E-state index contributed by atoms with van der Waals surface area (Å²) >= 11 is 18.6. The summed E-state index contributed by atoms with van der Waals surface area (Å²) in [5.41, 5.74) is 4.19. The smallest absolute Gasteiger partial charge is 0.253 e. The maximum Gasteiger partial charge on any atom is 0.253 e. The van der Waals surface area contributed by atoms with Gasteiger partial charge >= 0.3 is 0 Å². The lowest BCUT2D eigenvalue weighted by molar-refractivity contribution is -0.126. The fourth-order valence-corrected chi connectivity index (χ4v) is 5.42. The first kappa shape index (κ1) is 33.6. The number of aromatic nitrogens is 1. The fourth-order valence-electron chi connectivity index (χ4n) is 4.86. The van der Waals surface area contributed by atoms with E-state index in [2.05, 4.69) is 16.5 Å². The van der Waals surface area contributed by atoms with Crippen LogP contribution in [0.25, 0.3) is 5.57 Å². The van der Waals surface area contributed by atoms with Crippen LogP contribution >= 0.6 is 47.2 Å². The molecule has 0 spiro atoms. The third-order valence-electron chi connectivity index (χ3n) is 7.30. The number of ether oxygens (including phenoxy) is 2. The molecule has 0 radical (unpaired) electrons. The van der Waals surface area contributed by atoms with Gasteiger partial charge in [0.2, 0.25) is 5.88 Å². The first-order chi connectivity index (χ1) is 20.7. The van der Waals surface area contributed by atoms with Crippen molar-refractivity contribution in [3.8, 4) is 17.4 Å². The van der Waals surface area contributed by atoms with Crippen molar-refractivity contribution in [1.82, 2.24) is 14.8 Å². The Hall–Kier alpha value is -3.26. The number of carbonyl (C=O) groups is 1. The molecule has 0 atom stereocenters. The van der Waals surface area contributed by atoms with Gasteiger partial charge in [0.15, 0.2) is 5.75 Å². The highest BCUT2D eigenvalue weighted by Crippen LogP contribution is 2.35. The van der Waals surface area contributed by atoms with Gasteiger partial charge < -0.3 is 14.4 Å². The Morgan fingerprint density at radius 2 is 1.52 bits per heavy atom. The van der Waals surface area contributed by atoms with E-state index in [0.29, 0.717) is 58.3 Å². The van der Waals surface area contributed by atoms with Gasteiger partial charge in [-0.3, -0.25) is 9.69 Å². The molecule has 0 aliphatic carbocycles. The van der Waals surface area contributed by atoms with Gasteiger partial charge in [0.05, 0.1) is 17.8 Å². The standard InChI is InChI=1S/C34H32Cl3N3O3.ClH/c1-23-19-27(24(2)34(41)40-16-14-39(15-17-40)22-26-5-9-29(36)10-6-26)20-31(37)33(23)43-32-12-11-30(21-38-32)42-18-13-25-3-7-28(35)8-4-25;/h3-12,19-21H,2,13-18,22H2,1H3;1H. The van der Waals surface area contributed by atoms with E-state index in [9.17, 15) is 4.79 Å². The zero-order valence-electron chi connectivity index (χ0n) is 24.3. The number of pyridine rings is 1. The monoisotopic (exact) mass is 671 g/mol. The predicted molar refractivity (Wildman–Crippen MR) is 181 cm³/mol. The van der Waals surface area contributed by atoms with Crippen molar-refractivity contribution < 1.29 is 14.3 Å². The number of amides is 1. The Morgan fingerprint density at radius 1 is 0.886 bits per heavy atom. The Kier molecular flexibility index (Phi) is 12.0. The highest BCUT2D eigenvalue weighted by Gasteiger charge is 2.24. The lowest BCUT2D eigenvalue weighted by atomic mass is 10.0. The molecule has 6 nitrogen and oxygen atoms in total. The van der Waals surface area contributed by atoms with Crippen molar-refractivity contribution in [2.24, 2.45) is 0 Å². The van der Waals surface area contributed by atoms with E-state index >= 15 is 0 Å². The molecule has 1 amide bonds. The van der Waals surface area contributed by atoms with Crippen molar-refractivity contribution in [2.45, 2.75) is 19.9 Å². The van der Waals surface area contributed by atoms with Crippen molar-refractivity contribution >= 4 is 58.7 Å².